The van der Waals surface area contributed by atoms with Crippen molar-refractivity contribution in [2.24, 2.45) is 5.92 Å². The molecule has 116 valence electrons. The Hall–Kier alpha value is -2.30. The van der Waals surface area contributed by atoms with Gasteiger partial charge in [-0.2, -0.15) is 0 Å². The summed E-state index contributed by atoms with van der Waals surface area (Å²) in [6.45, 7) is 5.31. The van der Waals surface area contributed by atoms with Gasteiger partial charge in [0, 0.05) is 12.3 Å². The zero-order valence-corrected chi connectivity index (χ0v) is 12.9. The number of likely N-dealkylation sites (tertiary alicyclic amines) is 1. The Bertz CT molecular complexity index is 671. The molecule has 1 aromatic rings. The molecule has 0 bridgehead atoms. The average molecular weight is 301 g/mol. The van der Waals surface area contributed by atoms with Crippen molar-refractivity contribution < 1.29 is 19.4 Å². The first-order valence-corrected chi connectivity index (χ1v) is 7.32. The van der Waals surface area contributed by atoms with Gasteiger partial charge in [-0.3, -0.25) is 4.79 Å². The van der Waals surface area contributed by atoms with Crippen LogP contribution in [0.25, 0.3) is 5.57 Å². The van der Waals surface area contributed by atoms with Crippen LogP contribution in [0.4, 0.5) is 4.79 Å². The fourth-order valence-corrected chi connectivity index (χ4v) is 3.28. The van der Waals surface area contributed by atoms with Gasteiger partial charge in [0.05, 0.1) is 12.3 Å². The Labute approximate surface area is 129 Å². The van der Waals surface area contributed by atoms with Gasteiger partial charge in [0.2, 0.25) is 5.91 Å². The fourth-order valence-electron chi connectivity index (χ4n) is 3.28. The van der Waals surface area contributed by atoms with E-state index in [1.807, 2.05) is 24.3 Å². The zero-order chi connectivity index (χ0) is 16.1. The van der Waals surface area contributed by atoms with Crippen LogP contribution in [-0.2, 0) is 9.53 Å². The van der Waals surface area contributed by atoms with Crippen molar-refractivity contribution in [2.45, 2.75) is 38.8 Å². The summed E-state index contributed by atoms with van der Waals surface area (Å²) in [5.41, 5.74) is 1.81. The molecule has 5 heteroatoms. The molecule has 5 nitrogen and oxygen atoms in total. The fraction of sp³-hybridized carbons (Fsp3) is 0.412. The van der Waals surface area contributed by atoms with E-state index in [1.165, 1.54) is 4.90 Å². The van der Waals surface area contributed by atoms with Crippen molar-refractivity contribution in [3.8, 4) is 0 Å². The molecule has 1 aliphatic carbocycles. The molecule has 2 atom stereocenters. The molecule has 2 aliphatic rings. The smallest absolute Gasteiger partial charge is 0.417 e. The van der Waals surface area contributed by atoms with E-state index in [0.717, 1.165) is 17.4 Å². The minimum atomic E-state index is -0.663. The number of aliphatic hydroxyl groups excluding tert-OH is 1. The van der Waals surface area contributed by atoms with Crippen molar-refractivity contribution in [3.63, 3.8) is 0 Å². The number of carbonyl (C=O) groups excluding carboxylic acids is 2. The molecule has 0 spiro atoms. The third-order valence-corrected chi connectivity index (χ3v) is 4.04. The lowest BCUT2D eigenvalue weighted by atomic mass is 9.98. The minimum absolute atomic E-state index is 0.199. The van der Waals surface area contributed by atoms with Crippen LogP contribution in [0.5, 0.6) is 0 Å². The van der Waals surface area contributed by atoms with E-state index in [-0.39, 0.29) is 18.2 Å². The summed E-state index contributed by atoms with van der Waals surface area (Å²) in [5.74, 6) is -0.472. The Morgan fingerprint density at radius 3 is 2.68 bits per heavy atom. The Morgan fingerprint density at radius 1 is 1.36 bits per heavy atom. The van der Waals surface area contributed by atoms with Gasteiger partial charge in [-0.05, 0) is 37.5 Å². The van der Waals surface area contributed by atoms with Gasteiger partial charge in [0.25, 0.3) is 0 Å². The van der Waals surface area contributed by atoms with Crippen LogP contribution in [0, 0.1) is 5.92 Å². The molecule has 1 aromatic carbocycles. The maximum Gasteiger partial charge on any atom is 0.417 e. The van der Waals surface area contributed by atoms with E-state index < -0.39 is 17.7 Å². The summed E-state index contributed by atoms with van der Waals surface area (Å²) in [6.07, 6.45) is 0.624. The standard InChI is InChI=1S/C17H19NO4/c1-17(2,3)22-16(21)18-14(20)8-12-13(9-19)10-6-4-5-7-11(10)15(12)18/h4-7,9,12,15,19H,8H2,1-3H3. The van der Waals surface area contributed by atoms with Gasteiger partial charge in [0.15, 0.2) is 0 Å². The normalized spacial score (nSPS) is 25.3. The summed E-state index contributed by atoms with van der Waals surface area (Å²) in [4.78, 5) is 25.9. The van der Waals surface area contributed by atoms with Crippen LogP contribution in [0.1, 0.15) is 44.4 Å². The molecule has 3 rings (SSSR count). The number of amides is 2. The van der Waals surface area contributed by atoms with Crippen molar-refractivity contribution in [1.82, 2.24) is 4.90 Å². The Morgan fingerprint density at radius 2 is 2.05 bits per heavy atom. The van der Waals surface area contributed by atoms with E-state index in [1.54, 1.807) is 20.8 Å². The number of fused-ring (bicyclic) bond motifs is 3. The maximum atomic E-state index is 12.4. The predicted octanol–water partition coefficient (Wildman–Crippen LogP) is 3.42. The first kappa shape index (κ1) is 14.6. The summed E-state index contributed by atoms with van der Waals surface area (Å²) in [7, 11) is 0. The van der Waals surface area contributed by atoms with Crippen molar-refractivity contribution in [1.29, 1.82) is 0 Å². The van der Waals surface area contributed by atoms with E-state index in [9.17, 15) is 14.7 Å². The number of carbonyl (C=O) groups is 2. The predicted molar refractivity (Wildman–Crippen MR) is 81.0 cm³/mol. The molecule has 0 saturated carbocycles. The molecule has 1 heterocycles. The molecule has 2 unspecified atom stereocenters. The van der Waals surface area contributed by atoms with Gasteiger partial charge in [-0.25, -0.2) is 9.69 Å². The third kappa shape index (κ3) is 2.17. The Balaban J connectivity index is 2.02. The van der Waals surface area contributed by atoms with E-state index in [0.29, 0.717) is 5.57 Å². The highest BCUT2D eigenvalue weighted by atomic mass is 16.6. The third-order valence-electron chi connectivity index (χ3n) is 4.04. The number of nitrogens with zero attached hydrogens (tertiary/aromatic N) is 1. The van der Waals surface area contributed by atoms with Crippen LogP contribution >= 0.6 is 0 Å². The average Bonchev–Trinajstić information content (AvgIpc) is 2.89. The van der Waals surface area contributed by atoms with Crippen LogP contribution in [-0.4, -0.2) is 27.6 Å². The van der Waals surface area contributed by atoms with Gasteiger partial charge in [-0.15, -0.1) is 0 Å². The van der Waals surface area contributed by atoms with E-state index in [2.05, 4.69) is 0 Å². The number of ether oxygens (including phenoxy) is 1. The van der Waals surface area contributed by atoms with Gasteiger partial charge < -0.3 is 9.84 Å². The number of aliphatic hydroxyl groups is 1. The van der Waals surface area contributed by atoms with Gasteiger partial charge >= 0.3 is 6.09 Å². The number of rotatable bonds is 0. The largest absolute Gasteiger partial charge is 0.515 e. The summed E-state index contributed by atoms with van der Waals surface area (Å²) in [6, 6.07) is 7.14. The lowest BCUT2D eigenvalue weighted by Crippen LogP contribution is -2.39. The van der Waals surface area contributed by atoms with Crippen LogP contribution in [0.15, 0.2) is 30.5 Å². The van der Waals surface area contributed by atoms with Gasteiger partial charge in [0.1, 0.15) is 5.60 Å². The van der Waals surface area contributed by atoms with Crippen LogP contribution in [0.2, 0.25) is 0 Å². The summed E-state index contributed by atoms with van der Waals surface area (Å²) < 4.78 is 5.37. The summed E-state index contributed by atoms with van der Waals surface area (Å²) in [5, 5.41) is 9.55. The number of benzene rings is 1. The summed E-state index contributed by atoms with van der Waals surface area (Å²) >= 11 is 0. The second-order valence-electron chi connectivity index (χ2n) is 6.67. The van der Waals surface area contributed by atoms with E-state index in [4.69, 9.17) is 4.74 Å². The quantitative estimate of drug-likeness (QED) is 0.746. The SMILES string of the molecule is CC(C)(C)OC(=O)N1C(=O)CC2C(=CO)c3ccccc3C21. The first-order valence-electron chi connectivity index (χ1n) is 7.32. The molecule has 1 saturated heterocycles. The topological polar surface area (TPSA) is 66.8 Å². The number of hydrogen-bond acceptors (Lipinski definition) is 4. The molecular formula is C17H19NO4. The zero-order valence-electron chi connectivity index (χ0n) is 12.9. The van der Waals surface area contributed by atoms with Gasteiger partial charge in [-0.1, -0.05) is 24.3 Å². The van der Waals surface area contributed by atoms with Crippen LogP contribution in [0.3, 0.4) is 0 Å². The molecule has 22 heavy (non-hydrogen) atoms. The van der Waals surface area contributed by atoms with Crippen molar-refractivity contribution in [3.05, 3.63) is 41.7 Å². The van der Waals surface area contributed by atoms with E-state index >= 15 is 0 Å². The maximum absolute atomic E-state index is 12.4. The highest BCUT2D eigenvalue weighted by Gasteiger charge is 2.51. The lowest BCUT2D eigenvalue weighted by molar-refractivity contribution is -0.128. The first-order chi connectivity index (χ1) is 10.3. The van der Waals surface area contributed by atoms with Crippen LogP contribution < -0.4 is 0 Å². The molecule has 0 aromatic heterocycles. The molecule has 0 radical (unpaired) electrons. The molecule has 1 N–H and O–H groups in total. The second kappa shape index (κ2) is 4.87. The lowest BCUT2D eigenvalue weighted by Gasteiger charge is -2.27. The Kier molecular flexibility index (Phi) is 3.24. The van der Waals surface area contributed by atoms with Crippen molar-refractivity contribution in [2.75, 3.05) is 0 Å². The number of hydrogen-bond donors (Lipinski definition) is 1. The highest BCUT2D eigenvalue weighted by Crippen LogP contribution is 2.53. The molecule has 1 fully saturated rings. The van der Waals surface area contributed by atoms with Crippen molar-refractivity contribution >= 4 is 17.6 Å². The monoisotopic (exact) mass is 301 g/mol. The second-order valence-corrected chi connectivity index (χ2v) is 6.67. The minimum Gasteiger partial charge on any atom is -0.515 e. The molecule has 1 aliphatic heterocycles. The number of imide groups is 1. The highest BCUT2D eigenvalue weighted by molar-refractivity contribution is 5.98. The molecular weight excluding hydrogens is 282 g/mol. The molecule has 2 amide bonds.